The zero-order valence-corrected chi connectivity index (χ0v) is 18.4. The van der Waals surface area contributed by atoms with Gasteiger partial charge >= 0.3 is 5.97 Å². The molecule has 1 fully saturated rings. The fourth-order valence-corrected chi connectivity index (χ4v) is 4.48. The Morgan fingerprint density at radius 1 is 1.09 bits per heavy atom. The van der Waals surface area contributed by atoms with Crippen LogP contribution in [0.2, 0.25) is 0 Å². The largest absolute Gasteiger partial charge is 0.493 e. The molecule has 2 heterocycles. The van der Waals surface area contributed by atoms with Crippen molar-refractivity contribution in [1.82, 2.24) is 14.9 Å². The summed E-state index contributed by atoms with van der Waals surface area (Å²) in [4.78, 5) is 21.5. The Morgan fingerprint density at radius 3 is 2.70 bits per heavy atom. The van der Waals surface area contributed by atoms with Gasteiger partial charge in [-0.15, -0.1) is 0 Å². The van der Waals surface area contributed by atoms with Gasteiger partial charge in [0.2, 0.25) is 0 Å². The van der Waals surface area contributed by atoms with E-state index < -0.39 is 5.97 Å². The van der Waals surface area contributed by atoms with Crippen molar-refractivity contribution < 1.29 is 14.6 Å². The number of carboxylic acids is 1. The van der Waals surface area contributed by atoms with Gasteiger partial charge in [-0.1, -0.05) is 30.3 Å². The Kier molecular flexibility index (Phi) is 6.09. The number of carbonyl (C=O) groups is 1. The summed E-state index contributed by atoms with van der Waals surface area (Å²) in [7, 11) is 0. The molecule has 0 amide bonds. The third-order valence-electron chi connectivity index (χ3n) is 6.19. The Labute approximate surface area is 192 Å². The first-order valence-electron chi connectivity index (χ1n) is 11.4. The predicted octanol–water partition coefficient (Wildman–Crippen LogP) is 5.22. The molecule has 0 radical (unpaired) electrons. The number of aromatic nitrogens is 2. The van der Waals surface area contributed by atoms with Crippen molar-refractivity contribution >= 4 is 17.0 Å². The van der Waals surface area contributed by atoms with Crippen molar-refractivity contribution in [3.8, 4) is 17.1 Å². The highest BCUT2D eigenvalue weighted by molar-refractivity contribution is 5.93. The molecular formula is C27H27N3O3. The molecule has 168 valence electrons. The molecule has 2 N–H and O–H groups in total. The number of rotatable bonds is 7. The number of imidazole rings is 1. The molecule has 0 bridgehead atoms. The van der Waals surface area contributed by atoms with Crippen LogP contribution in [0.5, 0.6) is 5.75 Å². The number of benzene rings is 3. The van der Waals surface area contributed by atoms with Gasteiger partial charge in [-0.25, -0.2) is 9.78 Å². The Balaban J connectivity index is 1.19. The van der Waals surface area contributed by atoms with E-state index in [2.05, 4.69) is 45.2 Å². The first kappa shape index (κ1) is 21.2. The highest BCUT2D eigenvalue weighted by Gasteiger charge is 2.20. The van der Waals surface area contributed by atoms with E-state index in [4.69, 9.17) is 4.74 Å². The smallest absolute Gasteiger partial charge is 0.335 e. The number of H-pyrrole nitrogens is 1. The van der Waals surface area contributed by atoms with E-state index in [1.165, 1.54) is 18.4 Å². The second-order valence-corrected chi connectivity index (χ2v) is 8.69. The third kappa shape index (κ3) is 5.07. The maximum atomic E-state index is 11.2. The molecule has 1 aromatic heterocycles. The number of nitrogens with one attached hydrogen (secondary N) is 1. The number of likely N-dealkylation sites (tertiary alicyclic amines) is 1. The van der Waals surface area contributed by atoms with Crippen LogP contribution in [0.25, 0.3) is 22.4 Å². The van der Waals surface area contributed by atoms with Crippen LogP contribution in [0.1, 0.15) is 28.8 Å². The minimum Gasteiger partial charge on any atom is -0.493 e. The fourth-order valence-electron chi connectivity index (χ4n) is 4.48. The molecule has 33 heavy (non-hydrogen) atoms. The fraction of sp³-hybridized carbons (Fsp3) is 0.259. The van der Waals surface area contributed by atoms with Gasteiger partial charge in [0.05, 0.1) is 23.2 Å². The van der Waals surface area contributed by atoms with Gasteiger partial charge < -0.3 is 14.8 Å². The van der Waals surface area contributed by atoms with E-state index in [1.54, 1.807) is 18.2 Å². The average Bonchev–Trinajstić information content (AvgIpc) is 3.27. The number of ether oxygens (including phenoxy) is 1. The van der Waals surface area contributed by atoms with Crippen molar-refractivity contribution in [2.24, 2.45) is 5.92 Å². The monoisotopic (exact) mass is 441 g/mol. The topological polar surface area (TPSA) is 78.5 Å². The average molecular weight is 442 g/mol. The second kappa shape index (κ2) is 9.46. The molecule has 0 spiro atoms. The molecule has 1 atom stereocenters. The lowest BCUT2D eigenvalue weighted by atomic mass is 9.98. The summed E-state index contributed by atoms with van der Waals surface area (Å²) >= 11 is 0. The minimum absolute atomic E-state index is 0.242. The molecule has 0 saturated carbocycles. The van der Waals surface area contributed by atoms with Crippen LogP contribution in [-0.4, -0.2) is 45.6 Å². The molecule has 1 unspecified atom stereocenters. The molecule has 0 aliphatic carbocycles. The van der Waals surface area contributed by atoms with Crippen LogP contribution < -0.4 is 4.74 Å². The number of nitrogens with zero attached hydrogens (tertiary/aromatic N) is 2. The lowest BCUT2D eigenvalue weighted by Gasteiger charge is -2.32. The van der Waals surface area contributed by atoms with Crippen LogP contribution in [0.15, 0.2) is 72.8 Å². The number of aromatic amines is 1. The number of aromatic carboxylic acids is 1. The lowest BCUT2D eigenvalue weighted by molar-refractivity contribution is 0.0697. The Morgan fingerprint density at radius 2 is 1.91 bits per heavy atom. The zero-order chi connectivity index (χ0) is 22.6. The van der Waals surface area contributed by atoms with Crippen molar-refractivity contribution in [1.29, 1.82) is 0 Å². The Bertz CT molecular complexity index is 1230. The molecule has 1 saturated heterocycles. The SMILES string of the molecule is O=C(O)c1ccc2nc(-c3ccc(OCC4CCCN(Cc5ccccc5)C4)cc3)[nH]c2c1. The molecule has 6 heteroatoms. The van der Waals surface area contributed by atoms with Crippen LogP contribution in [-0.2, 0) is 6.54 Å². The molecular weight excluding hydrogens is 414 g/mol. The lowest BCUT2D eigenvalue weighted by Crippen LogP contribution is -2.37. The summed E-state index contributed by atoms with van der Waals surface area (Å²) in [6.45, 7) is 3.92. The molecule has 3 aromatic carbocycles. The predicted molar refractivity (Wildman–Crippen MR) is 128 cm³/mol. The standard InChI is InChI=1S/C27H27N3O3/c31-27(32)22-10-13-24-25(15-22)29-26(28-24)21-8-11-23(12-9-21)33-18-20-7-4-14-30(17-20)16-19-5-2-1-3-6-19/h1-3,5-6,8-13,15,20H,4,7,14,16-18H2,(H,28,29)(H,31,32). The van der Waals surface area contributed by atoms with E-state index in [1.807, 2.05) is 24.3 Å². The van der Waals surface area contributed by atoms with E-state index in [0.29, 0.717) is 23.9 Å². The van der Waals surface area contributed by atoms with Crippen molar-refractivity contribution in [3.63, 3.8) is 0 Å². The highest BCUT2D eigenvalue weighted by Crippen LogP contribution is 2.25. The maximum Gasteiger partial charge on any atom is 0.335 e. The van der Waals surface area contributed by atoms with Gasteiger partial charge in [-0.05, 0) is 67.4 Å². The van der Waals surface area contributed by atoms with Crippen molar-refractivity contribution in [2.75, 3.05) is 19.7 Å². The van der Waals surface area contributed by atoms with Crippen LogP contribution in [0.4, 0.5) is 0 Å². The molecule has 1 aliphatic heterocycles. The van der Waals surface area contributed by atoms with Crippen LogP contribution in [0, 0.1) is 5.92 Å². The van der Waals surface area contributed by atoms with Gasteiger partial charge in [0.15, 0.2) is 0 Å². The van der Waals surface area contributed by atoms with E-state index >= 15 is 0 Å². The van der Waals surface area contributed by atoms with Gasteiger partial charge in [0.1, 0.15) is 11.6 Å². The minimum atomic E-state index is -0.948. The molecule has 4 aromatic rings. The normalized spacial score (nSPS) is 16.7. The van der Waals surface area contributed by atoms with Crippen molar-refractivity contribution in [2.45, 2.75) is 19.4 Å². The van der Waals surface area contributed by atoms with Gasteiger partial charge in [-0.2, -0.15) is 0 Å². The van der Waals surface area contributed by atoms with E-state index in [-0.39, 0.29) is 5.56 Å². The summed E-state index contributed by atoms with van der Waals surface area (Å²) in [6, 6.07) is 23.4. The molecule has 1 aliphatic rings. The van der Waals surface area contributed by atoms with E-state index in [9.17, 15) is 9.90 Å². The van der Waals surface area contributed by atoms with Gasteiger partial charge in [0, 0.05) is 24.6 Å². The number of carboxylic acid groups (broad SMARTS) is 1. The summed E-state index contributed by atoms with van der Waals surface area (Å²) in [5.74, 6) is 1.14. The van der Waals surface area contributed by atoms with E-state index in [0.717, 1.165) is 36.5 Å². The summed E-state index contributed by atoms with van der Waals surface area (Å²) in [6.07, 6.45) is 2.40. The number of fused-ring (bicyclic) bond motifs is 1. The molecule has 6 nitrogen and oxygen atoms in total. The second-order valence-electron chi connectivity index (χ2n) is 8.69. The van der Waals surface area contributed by atoms with Crippen molar-refractivity contribution in [3.05, 3.63) is 83.9 Å². The van der Waals surface area contributed by atoms with Gasteiger partial charge in [0.25, 0.3) is 0 Å². The number of piperidine rings is 1. The van der Waals surface area contributed by atoms with Crippen LogP contribution in [0.3, 0.4) is 0 Å². The quantitative estimate of drug-likeness (QED) is 0.411. The Hall–Kier alpha value is -3.64. The summed E-state index contributed by atoms with van der Waals surface area (Å²) in [5.41, 5.74) is 3.99. The molecule has 5 rings (SSSR count). The zero-order valence-electron chi connectivity index (χ0n) is 18.4. The summed E-state index contributed by atoms with van der Waals surface area (Å²) in [5, 5.41) is 9.17. The summed E-state index contributed by atoms with van der Waals surface area (Å²) < 4.78 is 6.11. The number of hydrogen-bond donors (Lipinski definition) is 2. The first-order valence-corrected chi connectivity index (χ1v) is 11.4. The maximum absolute atomic E-state index is 11.2. The number of hydrogen-bond acceptors (Lipinski definition) is 4. The third-order valence-corrected chi connectivity index (χ3v) is 6.19. The van der Waals surface area contributed by atoms with Crippen LogP contribution >= 0.6 is 0 Å². The highest BCUT2D eigenvalue weighted by atomic mass is 16.5. The first-order chi connectivity index (χ1) is 16.1. The van der Waals surface area contributed by atoms with Gasteiger partial charge in [-0.3, -0.25) is 4.90 Å².